The Hall–Kier alpha value is -0.120. The zero-order chi connectivity index (χ0) is 13.1. The molecule has 0 amide bonds. The topological polar surface area (TPSA) is 38.5 Å². The fraction of sp³-hybridized carbons (Fsp3) is 1.00. The summed E-state index contributed by atoms with van der Waals surface area (Å²) in [5, 5.41) is 0. The lowest BCUT2D eigenvalue weighted by Crippen LogP contribution is -2.45. The molecule has 2 N–H and O–H groups in total. The summed E-state index contributed by atoms with van der Waals surface area (Å²) in [5.74, 6) is 0. The van der Waals surface area contributed by atoms with E-state index >= 15 is 0 Å². The van der Waals surface area contributed by atoms with Crippen molar-refractivity contribution in [1.29, 1.82) is 0 Å². The maximum atomic E-state index is 5.91. The third kappa shape index (κ3) is 7.02. The van der Waals surface area contributed by atoms with Gasteiger partial charge in [-0.3, -0.25) is 0 Å². The number of likely N-dealkylation sites (tertiary alicyclic amines) is 1. The smallest absolute Gasteiger partial charge is 0.0480 e. The first-order valence-electron chi connectivity index (χ1n) is 7.35. The van der Waals surface area contributed by atoms with Crippen molar-refractivity contribution >= 4 is 0 Å². The molecule has 3 heteroatoms. The molecule has 0 aliphatic carbocycles. The summed E-state index contributed by atoms with van der Waals surface area (Å²) in [6.45, 7) is 12.4. The summed E-state index contributed by atoms with van der Waals surface area (Å²) < 4.78 is 5.43. The largest absolute Gasteiger partial charge is 0.382 e. The SMILES string of the molecule is CC.CCOCCC(CC)N1CCC(N)CC1. The Morgan fingerprint density at radius 2 is 1.82 bits per heavy atom. The molecule has 0 bridgehead atoms. The molecule has 1 fully saturated rings. The Bertz CT molecular complexity index is 156. The van der Waals surface area contributed by atoms with Crippen molar-refractivity contribution in [2.24, 2.45) is 5.73 Å². The highest BCUT2D eigenvalue weighted by Gasteiger charge is 2.21. The lowest BCUT2D eigenvalue weighted by molar-refractivity contribution is 0.0898. The molecular formula is C14H32N2O. The van der Waals surface area contributed by atoms with Crippen LogP contribution >= 0.6 is 0 Å². The molecule has 1 unspecified atom stereocenters. The number of hydrogen-bond acceptors (Lipinski definition) is 3. The standard InChI is InChI=1S/C12H26N2O.C2H6/c1-3-12(7-10-15-4-2)14-8-5-11(13)6-9-14;1-2/h11-12H,3-10,13H2,1-2H3;1-2H3. The molecule has 0 aromatic carbocycles. The Labute approximate surface area is 108 Å². The molecule has 0 radical (unpaired) electrons. The predicted octanol–water partition coefficient (Wildman–Crippen LogP) is 2.64. The van der Waals surface area contributed by atoms with Gasteiger partial charge in [0.2, 0.25) is 0 Å². The summed E-state index contributed by atoms with van der Waals surface area (Å²) in [6, 6.07) is 1.13. The highest BCUT2D eigenvalue weighted by atomic mass is 16.5. The predicted molar refractivity (Wildman–Crippen MR) is 75.3 cm³/mol. The van der Waals surface area contributed by atoms with E-state index in [-0.39, 0.29) is 0 Å². The van der Waals surface area contributed by atoms with Gasteiger partial charge >= 0.3 is 0 Å². The third-order valence-electron chi connectivity index (χ3n) is 3.36. The Kier molecular flexibility index (Phi) is 10.9. The fourth-order valence-electron chi connectivity index (χ4n) is 2.29. The number of nitrogens with two attached hydrogens (primary N) is 1. The van der Waals surface area contributed by atoms with Crippen LogP contribution in [0.4, 0.5) is 0 Å². The number of rotatable bonds is 6. The Morgan fingerprint density at radius 3 is 2.29 bits per heavy atom. The van der Waals surface area contributed by atoms with Gasteiger partial charge in [0.1, 0.15) is 0 Å². The van der Waals surface area contributed by atoms with Gasteiger partial charge in [-0.25, -0.2) is 0 Å². The van der Waals surface area contributed by atoms with Crippen LogP contribution in [0.15, 0.2) is 0 Å². The zero-order valence-electron chi connectivity index (χ0n) is 12.2. The normalized spacial score (nSPS) is 19.6. The van der Waals surface area contributed by atoms with E-state index in [9.17, 15) is 0 Å². The first kappa shape index (κ1) is 16.9. The summed E-state index contributed by atoms with van der Waals surface area (Å²) in [5.41, 5.74) is 5.91. The van der Waals surface area contributed by atoms with E-state index in [0.29, 0.717) is 12.1 Å². The highest BCUT2D eigenvalue weighted by Crippen LogP contribution is 2.16. The van der Waals surface area contributed by atoms with Gasteiger partial charge in [0, 0.05) is 25.3 Å². The molecule has 104 valence electrons. The lowest BCUT2D eigenvalue weighted by Gasteiger charge is -2.36. The van der Waals surface area contributed by atoms with E-state index in [1.165, 1.54) is 25.9 Å². The Balaban J connectivity index is 0.00000121. The first-order valence-corrected chi connectivity index (χ1v) is 7.35. The summed E-state index contributed by atoms with van der Waals surface area (Å²) in [6.07, 6.45) is 4.71. The number of ether oxygens (including phenoxy) is 1. The van der Waals surface area contributed by atoms with Crippen LogP contribution in [0.2, 0.25) is 0 Å². The van der Waals surface area contributed by atoms with Crippen molar-refractivity contribution in [3.8, 4) is 0 Å². The van der Waals surface area contributed by atoms with E-state index in [4.69, 9.17) is 10.5 Å². The molecule has 0 spiro atoms. The highest BCUT2D eigenvalue weighted by molar-refractivity contribution is 4.79. The zero-order valence-corrected chi connectivity index (χ0v) is 12.2. The van der Waals surface area contributed by atoms with Gasteiger partial charge in [-0.2, -0.15) is 0 Å². The molecule has 1 aliphatic rings. The number of hydrogen-bond donors (Lipinski definition) is 1. The number of nitrogens with zero attached hydrogens (tertiary/aromatic N) is 1. The van der Waals surface area contributed by atoms with Gasteiger partial charge in [-0.15, -0.1) is 0 Å². The summed E-state index contributed by atoms with van der Waals surface area (Å²) >= 11 is 0. The van der Waals surface area contributed by atoms with Crippen LogP contribution in [0, 0.1) is 0 Å². The quantitative estimate of drug-likeness (QED) is 0.730. The maximum Gasteiger partial charge on any atom is 0.0480 e. The van der Waals surface area contributed by atoms with Crippen molar-refractivity contribution in [3.63, 3.8) is 0 Å². The molecule has 0 aromatic heterocycles. The molecule has 1 atom stereocenters. The van der Waals surface area contributed by atoms with Crippen LogP contribution < -0.4 is 5.73 Å². The molecule has 1 saturated heterocycles. The third-order valence-corrected chi connectivity index (χ3v) is 3.36. The molecule has 1 rings (SSSR count). The van der Waals surface area contributed by atoms with E-state index in [2.05, 4.69) is 18.7 Å². The van der Waals surface area contributed by atoms with Crippen LogP contribution in [0.5, 0.6) is 0 Å². The van der Waals surface area contributed by atoms with Gasteiger partial charge in [-0.05, 0) is 45.7 Å². The van der Waals surface area contributed by atoms with Gasteiger partial charge in [0.25, 0.3) is 0 Å². The van der Waals surface area contributed by atoms with Crippen molar-refractivity contribution in [1.82, 2.24) is 4.90 Å². The van der Waals surface area contributed by atoms with Crippen LogP contribution in [-0.2, 0) is 4.74 Å². The minimum Gasteiger partial charge on any atom is -0.382 e. The Morgan fingerprint density at radius 1 is 1.24 bits per heavy atom. The second kappa shape index (κ2) is 11.0. The summed E-state index contributed by atoms with van der Waals surface area (Å²) in [4.78, 5) is 2.59. The van der Waals surface area contributed by atoms with E-state index in [1.807, 2.05) is 13.8 Å². The van der Waals surface area contributed by atoms with Crippen LogP contribution in [0.3, 0.4) is 0 Å². The molecule has 3 nitrogen and oxygen atoms in total. The molecule has 0 saturated carbocycles. The molecule has 1 aliphatic heterocycles. The first-order chi connectivity index (χ1) is 8.27. The van der Waals surface area contributed by atoms with Crippen molar-refractivity contribution in [3.05, 3.63) is 0 Å². The minimum atomic E-state index is 0.436. The molecule has 17 heavy (non-hydrogen) atoms. The average molecular weight is 244 g/mol. The van der Waals surface area contributed by atoms with Gasteiger partial charge in [0.05, 0.1) is 0 Å². The fourth-order valence-corrected chi connectivity index (χ4v) is 2.29. The van der Waals surface area contributed by atoms with Crippen LogP contribution in [0.1, 0.15) is 53.4 Å². The molecular weight excluding hydrogens is 212 g/mol. The minimum absolute atomic E-state index is 0.436. The molecule has 0 aromatic rings. The monoisotopic (exact) mass is 244 g/mol. The van der Waals surface area contributed by atoms with Crippen molar-refractivity contribution in [2.75, 3.05) is 26.3 Å². The summed E-state index contributed by atoms with van der Waals surface area (Å²) in [7, 11) is 0. The lowest BCUT2D eigenvalue weighted by atomic mass is 10.0. The van der Waals surface area contributed by atoms with Crippen LogP contribution in [-0.4, -0.2) is 43.3 Å². The molecule has 1 heterocycles. The van der Waals surface area contributed by atoms with Crippen LogP contribution in [0.25, 0.3) is 0 Å². The van der Waals surface area contributed by atoms with Gasteiger partial charge in [-0.1, -0.05) is 20.8 Å². The number of piperidine rings is 1. The van der Waals surface area contributed by atoms with E-state index < -0.39 is 0 Å². The maximum absolute atomic E-state index is 5.91. The van der Waals surface area contributed by atoms with E-state index in [0.717, 1.165) is 26.1 Å². The van der Waals surface area contributed by atoms with E-state index in [1.54, 1.807) is 0 Å². The average Bonchev–Trinajstić information content (AvgIpc) is 2.39. The second-order valence-electron chi connectivity index (χ2n) is 4.42. The van der Waals surface area contributed by atoms with Gasteiger partial charge < -0.3 is 15.4 Å². The van der Waals surface area contributed by atoms with Gasteiger partial charge in [0.15, 0.2) is 0 Å². The second-order valence-corrected chi connectivity index (χ2v) is 4.42. The van der Waals surface area contributed by atoms with Crippen molar-refractivity contribution in [2.45, 2.75) is 65.5 Å². The van der Waals surface area contributed by atoms with Crippen molar-refractivity contribution < 1.29 is 4.74 Å².